The van der Waals surface area contributed by atoms with Gasteiger partial charge < -0.3 is 25.6 Å². The molecular weight excluding hydrogens is 448 g/mol. The van der Waals surface area contributed by atoms with Crippen LogP contribution in [0.1, 0.15) is 31.2 Å². The molecule has 3 aliphatic rings. The van der Waals surface area contributed by atoms with Crippen molar-refractivity contribution in [3.05, 3.63) is 60.2 Å². The third-order valence-corrected chi connectivity index (χ3v) is 7.26. The van der Waals surface area contributed by atoms with Crippen LogP contribution < -0.4 is 20.7 Å². The fourth-order valence-electron chi connectivity index (χ4n) is 5.55. The van der Waals surface area contributed by atoms with Crippen LogP contribution in [0.15, 0.2) is 54.6 Å². The molecule has 2 saturated heterocycles. The molecule has 0 aliphatic carbocycles. The Balaban J connectivity index is 1.26. The van der Waals surface area contributed by atoms with E-state index in [-0.39, 0.29) is 37.2 Å². The van der Waals surface area contributed by atoms with Crippen LogP contribution in [0.25, 0.3) is 0 Å². The molecule has 4 atom stereocenters. The van der Waals surface area contributed by atoms with E-state index < -0.39 is 29.4 Å². The highest BCUT2D eigenvalue weighted by Crippen LogP contribution is 2.49. The number of nitrogens with one attached hydrogen (secondary N) is 1. The number of hydrogen-bond donors (Lipinski definition) is 2. The van der Waals surface area contributed by atoms with Gasteiger partial charge in [-0.2, -0.15) is 0 Å². The highest BCUT2D eigenvalue weighted by atomic mass is 16.5. The number of carbonyl (C=O) groups is 4. The second kappa shape index (κ2) is 8.72. The molecule has 0 spiro atoms. The van der Waals surface area contributed by atoms with Gasteiger partial charge in [0.05, 0.1) is 5.92 Å². The summed E-state index contributed by atoms with van der Waals surface area (Å²) < 4.78 is 6.22. The number of rotatable bonds is 6. The van der Waals surface area contributed by atoms with Crippen LogP contribution in [0.5, 0.6) is 5.75 Å². The monoisotopic (exact) mass is 476 g/mol. The first-order valence-electron chi connectivity index (χ1n) is 11.8. The number of ether oxygens (including phenoxy) is 1. The molecule has 35 heavy (non-hydrogen) atoms. The highest BCUT2D eigenvalue weighted by molar-refractivity contribution is 6.02. The summed E-state index contributed by atoms with van der Waals surface area (Å²) >= 11 is 0. The zero-order chi connectivity index (χ0) is 24.7. The molecule has 2 aromatic carbocycles. The SMILES string of the molecule is C[C@@]12C[C@@H](c3ccccc3O1)[C@@H](C(N)=O)C(=O)N2CCNC(=O)[C@@H]1CC(=O)N(c2ccccc2)C1. The summed E-state index contributed by atoms with van der Waals surface area (Å²) in [6, 6.07) is 16.6. The van der Waals surface area contributed by atoms with Crippen LogP contribution in [0.4, 0.5) is 5.69 Å². The smallest absolute Gasteiger partial charge is 0.238 e. The minimum absolute atomic E-state index is 0.0975. The number of carbonyl (C=O) groups excluding carboxylic acids is 4. The van der Waals surface area contributed by atoms with Crippen LogP contribution in [0.3, 0.4) is 0 Å². The number of fused-ring (bicyclic) bond motifs is 4. The third kappa shape index (κ3) is 4.00. The summed E-state index contributed by atoms with van der Waals surface area (Å²) in [4.78, 5) is 54.0. The summed E-state index contributed by atoms with van der Waals surface area (Å²) in [6.07, 6.45) is 0.562. The van der Waals surface area contributed by atoms with E-state index in [1.807, 2.05) is 61.5 Å². The molecule has 2 aromatic rings. The maximum atomic E-state index is 13.4. The van der Waals surface area contributed by atoms with E-state index >= 15 is 0 Å². The summed E-state index contributed by atoms with van der Waals surface area (Å²) in [5.41, 5.74) is 6.27. The van der Waals surface area contributed by atoms with E-state index in [1.54, 1.807) is 4.90 Å². The third-order valence-electron chi connectivity index (χ3n) is 7.26. The van der Waals surface area contributed by atoms with Crippen molar-refractivity contribution < 1.29 is 23.9 Å². The van der Waals surface area contributed by atoms with Gasteiger partial charge in [0, 0.05) is 44.1 Å². The second-order valence-electron chi connectivity index (χ2n) is 9.53. The summed E-state index contributed by atoms with van der Waals surface area (Å²) in [5.74, 6) is -2.60. The van der Waals surface area contributed by atoms with Gasteiger partial charge in [-0.1, -0.05) is 36.4 Å². The molecule has 0 saturated carbocycles. The number of nitrogens with two attached hydrogens (primary N) is 1. The summed E-state index contributed by atoms with van der Waals surface area (Å²) in [7, 11) is 0. The van der Waals surface area contributed by atoms with Crippen molar-refractivity contribution in [2.45, 2.75) is 31.4 Å². The Hall–Kier alpha value is -3.88. The van der Waals surface area contributed by atoms with Gasteiger partial charge in [0.15, 0.2) is 5.72 Å². The highest BCUT2D eigenvalue weighted by Gasteiger charge is 2.55. The first kappa shape index (κ1) is 22.9. The Labute approximate surface area is 203 Å². The van der Waals surface area contributed by atoms with Gasteiger partial charge in [-0.05, 0) is 30.7 Å². The molecular formula is C26H28N4O5. The Morgan fingerprint density at radius 1 is 1.11 bits per heavy atom. The van der Waals surface area contributed by atoms with Crippen molar-refractivity contribution in [1.82, 2.24) is 10.2 Å². The van der Waals surface area contributed by atoms with Gasteiger partial charge in [-0.3, -0.25) is 19.2 Å². The lowest BCUT2D eigenvalue weighted by Gasteiger charge is -2.52. The van der Waals surface area contributed by atoms with Crippen molar-refractivity contribution in [3.8, 4) is 5.75 Å². The van der Waals surface area contributed by atoms with Gasteiger partial charge in [0.2, 0.25) is 23.6 Å². The molecule has 5 rings (SSSR count). The van der Waals surface area contributed by atoms with Crippen LogP contribution in [0.2, 0.25) is 0 Å². The number of nitrogens with zero attached hydrogens (tertiary/aromatic N) is 2. The average molecular weight is 477 g/mol. The molecule has 0 unspecified atom stereocenters. The standard InChI is InChI=1S/C26H28N4O5/c1-26-14-19(18-9-5-6-10-20(18)35-26)22(23(27)32)25(34)30(26)12-11-28-24(33)16-13-21(31)29(15-16)17-7-3-2-4-8-17/h2-10,16,19,22H,11-15H2,1H3,(H2,27,32)(H,28,33)/t16-,19+,22+,26+/m1/s1. The van der Waals surface area contributed by atoms with E-state index in [0.29, 0.717) is 18.7 Å². The van der Waals surface area contributed by atoms with Crippen LogP contribution in [-0.2, 0) is 19.2 Å². The number of piperidine rings is 1. The summed E-state index contributed by atoms with van der Waals surface area (Å²) in [6.45, 7) is 2.45. The van der Waals surface area contributed by atoms with E-state index in [0.717, 1.165) is 11.3 Å². The van der Waals surface area contributed by atoms with E-state index in [1.165, 1.54) is 4.90 Å². The van der Waals surface area contributed by atoms with Gasteiger partial charge in [-0.25, -0.2) is 0 Å². The molecule has 2 bridgehead atoms. The molecule has 4 amide bonds. The lowest BCUT2D eigenvalue weighted by Crippen LogP contribution is -2.65. The summed E-state index contributed by atoms with van der Waals surface area (Å²) in [5, 5.41) is 2.86. The molecule has 0 aromatic heterocycles. The second-order valence-corrected chi connectivity index (χ2v) is 9.53. The minimum atomic E-state index is -0.990. The van der Waals surface area contributed by atoms with Crippen molar-refractivity contribution >= 4 is 29.3 Å². The van der Waals surface area contributed by atoms with Crippen LogP contribution in [0, 0.1) is 11.8 Å². The van der Waals surface area contributed by atoms with E-state index in [4.69, 9.17) is 10.5 Å². The maximum Gasteiger partial charge on any atom is 0.238 e. The van der Waals surface area contributed by atoms with Crippen LogP contribution in [-0.4, -0.2) is 53.9 Å². The largest absolute Gasteiger partial charge is 0.468 e. The number of likely N-dealkylation sites (tertiary alicyclic amines) is 1. The number of para-hydroxylation sites is 2. The number of hydrogen-bond acceptors (Lipinski definition) is 5. The van der Waals surface area contributed by atoms with Gasteiger partial charge in [0.25, 0.3) is 0 Å². The van der Waals surface area contributed by atoms with Gasteiger partial charge in [-0.15, -0.1) is 0 Å². The Morgan fingerprint density at radius 3 is 2.57 bits per heavy atom. The molecule has 0 radical (unpaired) electrons. The number of amides is 4. The van der Waals surface area contributed by atoms with Crippen molar-refractivity contribution in [3.63, 3.8) is 0 Å². The molecule has 3 aliphatic heterocycles. The Bertz CT molecular complexity index is 1190. The van der Waals surface area contributed by atoms with Gasteiger partial charge >= 0.3 is 0 Å². The first-order chi connectivity index (χ1) is 16.8. The lowest BCUT2D eigenvalue weighted by molar-refractivity contribution is -0.175. The molecule has 3 N–H and O–H groups in total. The molecule has 9 nitrogen and oxygen atoms in total. The fourth-order valence-corrected chi connectivity index (χ4v) is 5.55. The number of anilines is 1. The van der Waals surface area contributed by atoms with E-state index in [9.17, 15) is 19.2 Å². The zero-order valence-corrected chi connectivity index (χ0v) is 19.5. The quantitative estimate of drug-likeness (QED) is 0.610. The predicted octanol–water partition coefficient (Wildman–Crippen LogP) is 1.38. The molecule has 2 fully saturated rings. The predicted molar refractivity (Wildman–Crippen MR) is 127 cm³/mol. The Morgan fingerprint density at radius 2 is 1.83 bits per heavy atom. The number of primary amides is 1. The van der Waals surface area contributed by atoms with E-state index in [2.05, 4.69) is 5.32 Å². The first-order valence-corrected chi connectivity index (χ1v) is 11.8. The van der Waals surface area contributed by atoms with Crippen molar-refractivity contribution in [2.24, 2.45) is 17.6 Å². The average Bonchev–Trinajstić information content (AvgIpc) is 3.23. The molecule has 182 valence electrons. The fraction of sp³-hybridized carbons (Fsp3) is 0.385. The zero-order valence-electron chi connectivity index (χ0n) is 19.5. The van der Waals surface area contributed by atoms with Crippen LogP contribution >= 0.6 is 0 Å². The van der Waals surface area contributed by atoms with Gasteiger partial charge in [0.1, 0.15) is 11.7 Å². The van der Waals surface area contributed by atoms with Crippen molar-refractivity contribution in [2.75, 3.05) is 24.5 Å². The maximum absolute atomic E-state index is 13.4. The lowest BCUT2D eigenvalue weighted by atomic mass is 9.73. The Kier molecular flexibility index (Phi) is 5.70. The molecule has 9 heteroatoms. The molecule has 3 heterocycles. The number of benzene rings is 2. The normalized spacial score (nSPS) is 27.3. The topological polar surface area (TPSA) is 122 Å². The van der Waals surface area contributed by atoms with Crippen molar-refractivity contribution in [1.29, 1.82) is 0 Å². The minimum Gasteiger partial charge on any atom is -0.468 e.